The van der Waals surface area contributed by atoms with E-state index >= 15 is 0 Å². The summed E-state index contributed by atoms with van der Waals surface area (Å²) in [6, 6.07) is 7.48. The number of hydrogen-bond acceptors (Lipinski definition) is 7. The number of aliphatic hydroxyl groups excluding tert-OH is 1. The molecular formula is C16H13N3O4S. The van der Waals surface area contributed by atoms with Gasteiger partial charge in [-0.25, -0.2) is 4.98 Å². The van der Waals surface area contributed by atoms with Gasteiger partial charge in [0.05, 0.1) is 17.6 Å². The molecule has 122 valence electrons. The van der Waals surface area contributed by atoms with Gasteiger partial charge in [-0.2, -0.15) is 5.10 Å². The van der Waals surface area contributed by atoms with Gasteiger partial charge < -0.3 is 14.3 Å². The summed E-state index contributed by atoms with van der Waals surface area (Å²) in [4.78, 5) is 17.3. The summed E-state index contributed by atoms with van der Waals surface area (Å²) in [6.07, 6.45) is 5.17. The smallest absolute Gasteiger partial charge is 0.226 e. The zero-order valence-electron chi connectivity index (χ0n) is 12.6. The summed E-state index contributed by atoms with van der Waals surface area (Å²) in [5, 5.41) is 16.3. The molecular weight excluding hydrogens is 330 g/mol. The van der Waals surface area contributed by atoms with Gasteiger partial charge in [-0.1, -0.05) is 17.8 Å². The van der Waals surface area contributed by atoms with Gasteiger partial charge in [0.2, 0.25) is 5.78 Å². The van der Waals surface area contributed by atoms with Crippen molar-refractivity contribution in [1.29, 1.82) is 0 Å². The quantitative estimate of drug-likeness (QED) is 0.402. The Morgan fingerprint density at radius 2 is 2.29 bits per heavy atom. The van der Waals surface area contributed by atoms with Crippen LogP contribution in [-0.2, 0) is 0 Å². The molecule has 7 nitrogen and oxygen atoms in total. The van der Waals surface area contributed by atoms with Crippen molar-refractivity contribution in [1.82, 2.24) is 15.2 Å². The lowest BCUT2D eigenvalue weighted by Crippen LogP contribution is -1.99. The molecule has 0 spiro atoms. The maximum atomic E-state index is 11.9. The van der Waals surface area contributed by atoms with Crippen molar-refractivity contribution in [3.8, 4) is 5.75 Å². The molecule has 0 fully saturated rings. The number of nitrogens with one attached hydrogen (secondary N) is 1. The predicted molar refractivity (Wildman–Crippen MR) is 87.1 cm³/mol. The molecule has 0 aliphatic carbocycles. The van der Waals surface area contributed by atoms with E-state index in [1.807, 2.05) is 24.3 Å². The third-order valence-corrected chi connectivity index (χ3v) is 4.11. The summed E-state index contributed by atoms with van der Waals surface area (Å²) in [5.74, 6) is 0.0800. The number of aromatic nitrogens is 3. The van der Waals surface area contributed by atoms with E-state index in [2.05, 4.69) is 15.2 Å². The van der Waals surface area contributed by atoms with Gasteiger partial charge in [0.1, 0.15) is 30.4 Å². The first-order valence-corrected chi connectivity index (χ1v) is 7.68. The topological polar surface area (TPSA) is 101 Å². The highest BCUT2D eigenvalue weighted by Gasteiger charge is 2.14. The number of nitrogens with zero attached hydrogens (tertiary/aromatic N) is 2. The summed E-state index contributed by atoms with van der Waals surface area (Å²) >= 11 is 1.38. The lowest BCUT2D eigenvalue weighted by atomic mass is 10.2. The van der Waals surface area contributed by atoms with Crippen molar-refractivity contribution in [2.75, 3.05) is 7.11 Å². The lowest BCUT2D eigenvalue weighted by molar-refractivity contribution is 0.103. The van der Waals surface area contributed by atoms with Gasteiger partial charge in [-0.15, -0.1) is 0 Å². The van der Waals surface area contributed by atoms with E-state index in [-0.39, 0.29) is 11.6 Å². The molecule has 0 saturated heterocycles. The van der Waals surface area contributed by atoms with Crippen LogP contribution in [0.5, 0.6) is 5.75 Å². The SMILES string of the molecule is COc1cccc(Sc2cocc2C(O)=CC(=O)c2ncn[nH]2)c1. The Bertz CT molecular complexity index is 871. The van der Waals surface area contributed by atoms with Crippen molar-refractivity contribution in [2.45, 2.75) is 9.79 Å². The summed E-state index contributed by atoms with van der Waals surface area (Å²) < 4.78 is 10.4. The third kappa shape index (κ3) is 3.49. The molecule has 2 heterocycles. The van der Waals surface area contributed by atoms with Crippen LogP contribution in [0.3, 0.4) is 0 Å². The Kier molecular flexibility index (Phi) is 4.66. The summed E-state index contributed by atoms with van der Waals surface area (Å²) in [5.41, 5.74) is 0.413. The van der Waals surface area contributed by atoms with Crippen molar-refractivity contribution in [3.63, 3.8) is 0 Å². The molecule has 0 saturated carbocycles. The maximum Gasteiger partial charge on any atom is 0.226 e. The van der Waals surface area contributed by atoms with Gasteiger partial charge in [-0.05, 0) is 18.2 Å². The number of carbonyl (C=O) groups excluding carboxylic acids is 1. The normalized spacial score (nSPS) is 11.5. The Labute approximate surface area is 141 Å². The highest BCUT2D eigenvalue weighted by atomic mass is 32.2. The Balaban J connectivity index is 1.83. The minimum atomic E-state index is -0.483. The van der Waals surface area contributed by atoms with Crippen LogP contribution < -0.4 is 4.74 Å². The number of allylic oxidation sites excluding steroid dienone is 1. The summed E-state index contributed by atoms with van der Waals surface area (Å²) in [7, 11) is 1.59. The zero-order valence-corrected chi connectivity index (χ0v) is 13.4. The molecule has 0 aliphatic heterocycles. The molecule has 0 atom stereocenters. The standard InChI is InChI=1S/C16H13N3O4S/c1-22-10-3-2-4-11(5-10)24-15-8-23-7-12(15)13(20)6-14(21)16-17-9-18-19-16/h2-9,20H,1H3,(H,17,18,19). The first kappa shape index (κ1) is 15.9. The maximum absolute atomic E-state index is 11.9. The third-order valence-electron chi connectivity index (χ3n) is 3.09. The first-order valence-electron chi connectivity index (χ1n) is 6.86. The molecule has 8 heteroatoms. The van der Waals surface area contributed by atoms with Crippen molar-refractivity contribution in [3.05, 3.63) is 60.6 Å². The Morgan fingerprint density at radius 1 is 1.42 bits per heavy atom. The number of hydrogen-bond donors (Lipinski definition) is 2. The van der Waals surface area contributed by atoms with E-state index in [0.29, 0.717) is 10.5 Å². The van der Waals surface area contributed by atoms with Crippen LogP contribution in [0.25, 0.3) is 5.76 Å². The van der Waals surface area contributed by atoms with Crippen LogP contribution >= 0.6 is 11.8 Å². The largest absolute Gasteiger partial charge is 0.507 e. The molecule has 0 aliphatic rings. The van der Waals surface area contributed by atoms with Crippen LogP contribution in [-0.4, -0.2) is 33.2 Å². The number of aromatic amines is 1. The molecule has 0 unspecified atom stereocenters. The second kappa shape index (κ2) is 7.05. The fourth-order valence-electron chi connectivity index (χ4n) is 1.94. The minimum absolute atomic E-state index is 0.0482. The van der Waals surface area contributed by atoms with Crippen LogP contribution in [0.15, 0.2) is 63.4 Å². The van der Waals surface area contributed by atoms with Gasteiger partial charge in [0, 0.05) is 11.0 Å². The van der Waals surface area contributed by atoms with Crippen LogP contribution in [0.1, 0.15) is 16.2 Å². The van der Waals surface area contributed by atoms with Crippen molar-refractivity contribution < 1.29 is 19.1 Å². The number of methoxy groups -OCH3 is 1. The van der Waals surface area contributed by atoms with Crippen molar-refractivity contribution in [2.24, 2.45) is 0 Å². The average Bonchev–Trinajstić information content (AvgIpc) is 3.26. The van der Waals surface area contributed by atoms with Gasteiger partial charge in [-0.3, -0.25) is 9.89 Å². The molecule has 0 bridgehead atoms. The van der Waals surface area contributed by atoms with E-state index in [1.165, 1.54) is 30.6 Å². The monoisotopic (exact) mass is 343 g/mol. The number of carbonyl (C=O) groups is 1. The molecule has 1 aromatic carbocycles. The van der Waals surface area contributed by atoms with Crippen LogP contribution in [0.2, 0.25) is 0 Å². The molecule has 0 radical (unpaired) electrons. The van der Waals surface area contributed by atoms with E-state index in [9.17, 15) is 9.90 Å². The Hall–Kier alpha value is -3.00. The van der Waals surface area contributed by atoms with E-state index in [0.717, 1.165) is 16.7 Å². The van der Waals surface area contributed by atoms with Crippen LogP contribution in [0, 0.1) is 0 Å². The molecule has 3 aromatic rings. The number of ketones is 1. The van der Waals surface area contributed by atoms with E-state index < -0.39 is 5.78 Å². The number of furan rings is 1. The second-order valence-corrected chi connectivity index (χ2v) is 5.77. The second-order valence-electron chi connectivity index (χ2n) is 4.66. The van der Waals surface area contributed by atoms with E-state index in [4.69, 9.17) is 9.15 Å². The molecule has 3 rings (SSSR count). The fourth-order valence-corrected chi connectivity index (χ4v) is 2.88. The zero-order chi connectivity index (χ0) is 16.9. The molecule has 0 amide bonds. The van der Waals surface area contributed by atoms with E-state index in [1.54, 1.807) is 7.11 Å². The fraction of sp³-hybridized carbons (Fsp3) is 0.0625. The molecule has 2 N–H and O–H groups in total. The first-order chi connectivity index (χ1) is 11.7. The highest BCUT2D eigenvalue weighted by Crippen LogP contribution is 2.35. The number of aliphatic hydroxyl groups is 1. The van der Waals surface area contributed by atoms with Crippen molar-refractivity contribution >= 4 is 23.3 Å². The Morgan fingerprint density at radius 3 is 3.04 bits per heavy atom. The number of H-pyrrole nitrogens is 1. The predicted octanol–water partition coefficient (Wildman–Crippen LogP) is 3.34. The lowest BCUT2D eigenvalue weighted by Gasteiger charge is -2.04. The number of rotatable bonds is 6. The number of ether oxygens (including phenoxy) is 1. The number of benzene rings is 1. The minimum Gasteiger partial charge on any atom is -0.507 e. The molecule has 24 heavy (non-hydrogen) atoms. The average molecular weight is 343 g/mol. The summed E-state index contributed by atoms with van der Waals surface area (Å²) in [6.45, 7) is 0. The van der Waals surface area contributed by atoms with Gasteiger partial charge in [0.15, 0.2) is 5.82 Å². The van der Waals surface area contributed by atoms with Crippen LogP contribution in [0.4, 0.5) is 0 Å². The highest BCUT2D eigenvalue weighted by molar-refractivity contribution is 7.99. The van der Waals surface area contributed by atoms with Gasteiger partial charge in [0.25, 0.3) is 0 Å². The van der Waals surface area contributed by atoms with Gasteiger partial charge >= 0.3 is 0 Å². The molecule has 2 aromatic heterocycles.